The van der Waals surface area contributed by atoms with Crippen LogP contribution in [0.1, 0.15) is 0 Å². The molecule has 0 bridgehead atoms. The van der Waals surface area contributed by atoms with Crippen molar-refractivity contribution >= 4 is 6.47 Å². The third kappa shape index (κ3) is 10.5. The zero-order valence-electron chi connectivity index (χ0n) is 5.56. The SMILES string of the molecule is O=CO.[Na+].[c-]1cccnn1. The van der Waals surface area contributed by atoms with Gasteiger partial charge in [0.15, 0.2) is 0 Å². The number of carboxylic acid groups (broad SMARTS) is 1. The molecule has 1 aromatic heterocycles. The summed E-state index contributed by atoms with van der Waals surface area (Å²) in [7, 11) is 0. The monoisotopic (exact) mass is 148 g/mol. The van der Waals surface area contributed by atoms with E-state index >= 15 is 0 Å². The van der Waals surface area contributed by atoms with Gasteiger partial charge < -0.3 is 5.11 Å². The standard InChI is InChI=1S/C4H3N2.CH2O2.Na/c1-2-4-6-5-3-1;2-1-3;/h1-3H;1H,(H,2,3);/q-1;;+1. The van der Waals surface area contributed by atoms with Crippen LogP contribution in [0, 0.1) is 6.20 Å². The van der Waals surface area contributed by atoms with E-state index in [9.17, 15) is 0 Å². The fourth-order valence-corrected chi connectivity index (χ4v) is 0.225. The van der Waals surface area contributed by atoms with Gasteiger partial charge >= 0.3 is 29.6 Å². The molecule has 0 aromatic carbocycles. The molecule has 1 aromatic rings. The molecule has 4 nitrogen and oxygen atoms in total. The molecule has 0 aliphatic carbocycles. The van der Waals surface area contributed by atoms with Crippen LogP contribution in [0.5, 0.6) is 0 Å². The topological polar surface area (TPSA) is 63.1 Å². The van der Waals surface area contributed by atoms with Crippen molar-refractivity contribution in [2.24, 2.45) is 0 Å². The van der Waals surface area contributed by atoms with Crippen LogP contribution >= 0.6 is 0 Å². The van der Waals surface area contributed by atoms with Gasteiger partial charge in [-0.2, -0.15) is 11.2 Å². The summed E-state index contributed by atoms with van der Waals surface area (Å²) in [5.74, 6) is 0. The molecule has 1 heterocycles. The fourth-order valence-electron chi connectivity index (χ4n) is 0.225. The summed E-state index contributed by atoms with van der Waals surface area (Å²) in [6.45, 7) is -0.250. The number of carbonyl (C=O) groups is 1. The minimum atomic E-state index is -0.250. The van der Waals surface area contributed by atoms with Gasteiger partial charge in [-0.15, -0.1) is 6.20 Å². The van der Waals surface area contributed by atoms with E-state index in [1.54, 1.807) is 18.3 Å². The molecule has 0 aliphatic rings. The minimum absolute atomic E-state index is 0. The average Bonchev–Trinajstić information content (AvgIpc) is 1.93. The summed E-state index contributed by atoms with van der Waals surface area (Å²) in [5.41, 5.74) is 0. The van der Waals surface area contributed by atoms with Crippen molar-refractivity contribution < 1.29 is 39.5 Å². The predicted molar refractivity (Wildman–Crippen MR) is 29.6 cm³/mol. The van der Waals surface area contributed by atoms with Gasteiger partial charge in [0, 0.05) is 0 Å². The molecule has 1 rings (SSSR count). The molecule has 1 N–H and O–H groups in total. The van der Waals surface area contributed by atoms with Crippen LogP contribution in [0.3, 0.4) is 0 Å². The molecule has 0 amide bonds. The van der Waals surface area contributed by atoms with Crippen LogP contribution in [0.15, 0.2) is 18.3 Å². The number of rotatable bonds is 0. The molecule has 0 fully saturated rings. The van der Waals surface area contributed by atoms with E-state index < -0.39 is 0 Å². The summed E-state index contributed by atoms with van der Waals surface area (Å²) < 4.78 is 0. The van der Waals surface area contributed by atoms with Gasteiger partial charge in [0.2, 0.25) is 0 Å². The van der Waals surface area contributed by atoms with Crippen molar-refractivity contribution in [3.63, 3.8) is 0 Å². The van der Waals surface area contributed by atoms with Gasteiger partial charge in [-0.25, -0.2) is 6.07 Å². The first-order valence-electron chi connectivity index (χ1n) is 2.13. The summed E-state index contributed by atoms with van der Waals surface area (Å²) in [5, 5.41) is 13.8. The van der Waals surface area contributed by atoms with E-state index in [1.165, 1.54) is 0 Å². The molecule has 10 heavy (non-hydrogen) atoms. The molecule has 0 unspecified atom stereocenters. The van der Waals surface area contributed by atoms with Crippen molar-refractivity contribution in [3.8, 4) is 0 Å². The van der Waals surface area contributed by atoms with E-state index in [4.69, 9.17) is 9.90 Å². The first-order valence-corrected chi connectivity index (χ1v) is 2.13. The Bertz CT molecular complexity index is 121. The molecule has 0 saturated heterocycles. The van der Waals surface area contributed by atoms with Crippen LogP contribution in [-0.4, -0.2) is 21.8 Å². The first-order chi connectivity index (χ1) is 4.41. The Morgan fingerprint density at radius 3 is 2.30 bits per heavy atom. The van der Waals surface area contributed by atoms with Gasteiger partial charge in [-0.1, -0.05) is 0 Å². The maximum Gasteiger partial charge on any atom is 1.00 e. The quantitative estimate of drug-likeness (QED) is 0.242. The second-order valence-corrected chi connectivity index (χ2v) is 0.958. The van der Waals surface area contributed by atoms with Crippen LogP contribution in [0.25, 0.3) is 0 Å². The second-order valence-electron chi connectivity index (χ2n) is 0.958. The molecule has 0 radical (unpaired) electrons. The van der Waals surface area contributed by atoms with E-state index in [2.05, 4.69) is 16.4 Å². The second kappa shape index (κ2) is 11.4. The summed E-state index contributed by atoms with van der Waals surface area (Å²) in [6, 6.07) is 3.47. The van der Waals surface area contributed by atoms with Gasteiger partial charge in [0.05, 0.1) is 0 Å². The summed E-state index contributed by atoms with van der Waals surface area (Å²) in [6.07, 6.45) is 4.14. The number of nitrogens with zero attached hydrogens (tertiary/aromatic N) is 2. The maximum atomic E-state index is 8.36. The van der Waals surface area contributed by atoms with Gasteiger partial charge in [-0.3, -0.25) is 9.89 Å². The summed E-state index contributed by atoms with van der Waals surface area (Å²) >= 11 is 0. The smallest absolute Gasteiger partial charge is 0.483 e. The average molecular weight is 148 g/mol. The van der Waals surface area contributed by atoms with Crippen molar-refractivity contribution in [2.75, 3.05) is 0 Å². The Morgan fingerprint density at radius 2 is 2.20 bits per heavy atom. The zero-order valence-corrected chi connectivity index (χ0v) is 7.56. The Hall–Kier alpha value is -0.450. The molecule has 5 heteroatoms. The number of aromatic nitrogens is 2. The Morgan fingerprint density at radius 1 is 1.60 bits per heavy atom. The van der Waals surface area contributed by atoms with E-state index in [1.807, 2.05) is 0 Å². The van der Waals surface area contributed by atoms with Crippen LogP contribution in [0.2, 0.25) is 0 Å². The number of hydrogen-bond donors (Lipinski definition) is 1. The van der Waals surface area contributed by atoms with E-state index in [0.717, 1.165) is 0 Å². The predicted octanol–water partition coefficient (Wildman–Crippen LogP) is -3.02. The van der Waals surface area contributed by atoms with E-state index in [-0.39, 0.29) is 36.0 Å². The van der Waals surface area contributed by atoms with Crippen molar-refractivity contribution in [2.45, 2.75) is 0 Å². The normalized spacial score (nSPS) is 6.00. The van der Waals surface area contributed by atoms with Crippen LogP contribution < -0.4 is 29.6 Å². The van der Waals surface area contributed by atoms with Crippen molar-refractivity contribution in [1.29, 1.82) is 0 Å². The molecular weight excluding hydrogens is 143 g/mol. The number of hydrogen-bond acceptors (Lipinski definition) is 3. The van der Waals surface area contributed by atoms with Crippen molar-refractivity contribution in [3.05, 3.63) is 24.5 Å². The molecule has 0 aliphatic heterocycles. The Labute approximate surface area is 80.6 Å². The van der Waals surface area contributed by atoms with E-state index in [0.29, 0.717) is 0 Å². The van der Waals surface area contributed by atoms with Gasteiger partial charge in [0.25, 0.3) is 6.47 Å². The Balaban J connectivity index is 0. The van der Waals surface area contributed by atoms with Crippen molar-refractivity contribution in [1.82, 2.24) is 10.2 Å². The molecule has 48 valence electrons. The fraction of sp³-hybridized carbons (Fsp3) is 0. The third-order valence-corrected chi connectivity index (χ3v) is 0.439. The van der Waals surface area contributed by atoms with Crippen LogP contribution in [-0.2, 0) is 4.79 Å². The largest absolute Gasteiger partial charge is 1.00 e. The third-order valence-electron chi connectivity index (χ3n) is 0.439. The maximum absolute atomic E-state index is 8.36. The zero-order chi connectivity index (χ0) is 6.95. The summed E-state index contributed by atoms with van der Waals surface area (Å²) in [4.78, 5) is 8.36. The molecule has 0 spiro atoms. The Kier molecular flexibility index (Phi) is 13.9. The molecule has 0 saturated carbocycles. The molecule has 0 atom stereocenters. The van der Waals surface area contributed by atoms with Gasteiger partial charge in [0.1, 0.15) is 0 Å². The van der Waals surface area contributed by atoms with Gasteiger partial charge in [-0.05, 0) is 6.20 Å². The first kappa shape index (κ1) is 12.2. The molecular formula is C5H5N2NaO2. The van der Waals surface area contributed by atoms with Crippen LogP contribution in [0.4, 0.5) is 0 Å². The minimum Gasteiger partial charge on any atom is -0.483 e.